The molecule has 0 saturated heterocycles. The summed E-state index contributed by atoms with van der Waals surface area (Å²) in [5.41, 5.74) is 4.67. The standard InChI is InChI=1S/C25H32ClF3N6O2/c1-34(2)18(9-15-5-6-16(22(30)37)10-20(15)26)14-31-21(36)11-19(24(7-8-24)25(27,28)29)17-12-32-23(33-13-17)35(3)4/h5-6,10,12-13,18-19H,7-9,11,14H2,1-4H3,(H2,30,37)(H,31,36). The number of nitrogens with one attached hydrogen (secondary N) is 1. The molecule has 3 rings (SSSR count). The molecule has 1 saturated carbocycles. The van der Waals surface area contributed by atoms with Gasteiger partial charge in [0.2, 0.25) is 17.8 Å². The summed E-state index contributed by atoms with van der Waals surface area (Å²) in [6.45, 7) is 0.196. The predicted molar refractivity (Wildman–Crippen MR) is 136 cm³/mol. The maximum Gasteiger partial charge on any atom is 0.395 e. The summed E-state index contributed by atoms with van der Waals surface area (Å²) in [5, 5.41) is 3.17. The van der Waals surface area contributed by atoms with E-state index in [1.807, 2.05) is 19.0 Å². The lowest BCUT2D eigenvalue weighted by atomic mass is 9.81. The first kappa shape index (κ1) is 28.6. The van der Waals surface area contributed by atoms with E-state index in [0.717, 1.165) is 5.56 Å². The minimum atomic E-state index is -4.45. The molecule has 2 amide bonds. The molecule has 1 aromatic heterocycles. The molecule has 8 nitrogen and oxygen atoms in total. The molecular formula is C25H32ClF3N6O2. The monoisotopic (exact) mass is 540 g/mol. The zero-order valence-electron chi connectivity index (χ0n) is 21.3. The second-order valence-electron chi connectivity index (χ2n) is 9.92. The maximum atomic E-state index is 14.0. The van der Waals surface area contributed by atoms with Crippen molar-refractivity contribution in [1.82, 2.24) is 20.2 Å². The lowest BCUT2D eigenvalue weighted by Crippen LogP contribution is -2.42. The number of hydrogen-bond donors (Lipinski definition) is 2. The number of likely N-dealkylation sites (N-methyl/N-ethyl adjacent to an activating group) is 1. The molecule has 1 aliphatic rings. The van der Waals surface area contributed by atoms with E-state index in [9.17, 15) is 22.8 Å². The van der Waals surface area contributed by atoms with Gasteiger partial charge in [-0.2, -0.15) is 13.2 Å². The first-order valence-corrected chi connectivity index (χ1v) is 12.2. The Labute approximate surface area is 219 Å². The molecule has 0 spiro atoms. The van der Waals surface area contributed by atoms with Gasteiger partial charge in [-0.05, 0) is 56.6 Å². The molecule has 0 aliphatic heterocycles. The summed E-state index contributed by atoms with van der Waals surface area (Å²) in [5.74, 6) is -1.79. The number of alkyl halides is 3. The van der Waals surface area contributed by atoms with Crippen LogP contribution in [0.5, 0.6) is 0 Å². The Hall–Kier alpha value is -2.92. The molecule has 2 atom stereocenters. The Bertz CT molecular complexity index is 1120. The van der Waals surface area contributed by atoms with Crippen molar-refractivity contribution in [3.05, 3.63) is 52.3 Å². The number of halogens is 4. The van der Waals surface area contributed by atoms with Crippen molar-refractivity contribution in [2.75, 3.05) is 39.6 Å². The van der Waals surface area contributed by atoms with Crippen LogP contribution in [0.2, 0.25) is 5.02 Å². The minimum Gasteiger partial charge on any atom is -0.366 e. The van der Waals surface area contributed by atoms with Gasteiger partial charge in [-0.25, -0.2) is 9.97 Å². The number of primary amides is 1. The van der Waals surface area contributed by atoms with Crippen molar-refractivity contribution >= 4 is 29.4 Å². The van der Waals surface area contributed by atoms with Gasteiger partial charge in [0.25, 0.3) is 0 Å². The Morgan fingerprint density at radius 1 is 1.16 bits per heavy atom. The molecule has 0 radical (unpaired) electrons. The number of aromatic nitrogens is 2. The van der Waals surface area contributed by atoms with Crippen molar-refractivity contribution < 1.29 is 22.8 Å². The van der Waals surface area contributed by atoms with Crippen molar-refractivity contribution in [2.24, 2.45) is 11.1 Å². The molecule has 12 heteroatoms. The number of benzene rings is 1. The number of carbonyl (C=O) groups excluding carboxylic acids is 2. The topological polar surface area (TPSA) is 104 Å². The highest BCUT2D eigenvalue weighted by atomic mass is 35.5. The van der Waals surface area contributed by atoms with Gasteiger partial charge in [0.15, 0.2) is 0 Å². The summed E-state index contributed by atoms with van der Waals surface area (Å²) in [7, 11) is 7.13. The lowest BCUT2D eigenvalue weighted by molar-refractivity contribution is -0.194. The molecule has 1 aliphatic carbocycles. The number of anilines is 1. The van der Waals surface area contributed by atoms with Crippen molar-refractivity contribution in [2.45, 2.75) is 43.8 Å². The zero-order valence-corrected chi connectivity index (χ0v) is 22.0. The van der Waals surface area contributed by atoms with Gasteiger partial charge in [-0.3, -0.25) is 9.59 Å². The summed E-state index contributed by atoms with van der Waals surface area (Å²) < 4.78 is 42.1. The largest absolute Gasteiger partial charge is 0.395 e. The van der Waals surface area contributed by atoms with E-state index in [1.54, 1.807) is 31.1 Å². The molecule has 2 aromatic rings. The van der Waals surface area contributed by atoms with Crippen LogP contribution in [-0.2, 0) is 11.2 Å². The van der Waals surface area contributed by atoms with Crippen molar-refractivity contribution in [3.8, 4) is 0 Å². The highest BCUT2D eigenvalue weighted by Gasteiger charge is 2.67. The minimum absolute atomic E-state index is 0.0377. The van der Waals surface area contributed by atoms with Gasteiger partial charge in [0.05, 0.1) is 5.41 Å². The number of hydrogen-bond acceptors (Lipinski definition) is 6. The van der Waals surface area contributed by atoms with Crippen LogP contribution in [0.3, 0.4) is 0 Å². The van der Waals surface area contributed by atoms with E-state index in [0.29, 0.717) is 23.0 Å². The normalized spacial score (nSPS) is 16.2. The average Bonchev–Trinajstić information content (AvgIpc) is 3.63. The number of nitrogens with zero attached hydrogens (tertiary/aromatic N) is 4. The SMILES string of the molecule is CN(C)c1ncc(C(CC(=O)NCC(Cc2ccc(C(N)=O)cc2Cl)N(C)C)C2(C(F)(F)F)CC2)cn1. The molecule has 1 fully saturated rings. The van der Waals surface area contributed by atoms with Crippen molar-refractivity contribution in [1.29, 1.82) is 0 Å². The van der Waals surface area contributed by atoms with E-state index in [-0.39, 0.29) is 37.4 Å². The maximum absolute atomic E-state index is 14.0. The van der Waals surface area contributed by atoms with E-state index in [1.165, 1.54) is 18.5 Å². The zero-order chi connectivity index (χ0) is 27.5. The van der Waals surface area contributed by atoms with Gasteiger partial charge >= 0.3 is 6.18 Å². The lowest BCUT2D eigenvalue weighted by Gasteiger charge is -2.30. The number of nitrogens with two attached hydrogens (primary N) is 1. The van der Waals surface area contributed by atoms with Gasteiger partial charge in [0.1, 0.15) is 0 Å². The Balaban J connectivity index is 1.73. The van der Waals surface area contributed by atoms with Crippen LogP contribution in [-0.4, -0.2) is 73.6 Å². The fourth-order valence-corrected chi connectivity index (χ4v) is 4.64. The quantitative estimate of drug-likeness (QED) is 0.453. The fraction of sp³-hybridized carbons (Fsp3) is 0.520. The van der Waals surface area contributed by atoms with E-state index < -0.39 is 29.3 Å². The smallest absolute Gasteiger partial charge is 0.366 e. The summed E-state index contributed by atoms with van der Waals surface area (Å²) in [6, 6.07) is 4.58. The Morgan fingerprint density at radius 2 is 1.78 bits per heavy atom. The van der Waals surface area contributed by atoms with Crippen LogP contribution in [0.4, 0.5) is 19.1 Å². The van der Waals surface area contributed by atoms with E-state index in [4.69, 9.17) is 17.3 Å². The van der Waals surface area contributed by atoms with Crippen LogP contribution >= 0.6 is 11.6 Å². The van der Waals surface area contributed by atoms with Crippen LogP contribution in [0, 0.1) is 5.41 Å². The fourth-order valence-electron chi connectivity index (χ4n) is 4.39. The summed E-state index contributed by atoms with van der Waals surface area (Å²) >= 11 is 6.32. The third kappa shape index (κ3) is 6.70. The highest BCUT2D eigenvalue weighted by molar-refractivity contribution is 6.31. The molecule has 0 bridgehead atoms. The molecule has 1 heterocycles. The summed E-state index contributed by atoms with van der Waals surface area (Å²) in [4.78, 5) is 36.2. The van der Waals surface area contributed by atoms with Crippen LogP contribution in [0.15, 0.2) is 30.6 Å². The van der Waals surface area contributed by atoms with Gasteiger partial charge < -0.3 is 20.9 Å². The molecule has 2 unspecified atom stereocenters. The molecule has 3 N–H and O–H groups in total. The molecule has 202 valence electrons. The highest BCUT2D eigenvalue weighted by Crippen LogP contribution is 2.66. The number of carbonyl (C=O) groups is 2. The second-order valence-corrected chi connectivity index (χ2v) is 10.3. The first-order chi connectivity index (χ1) is 17.2. The Morgan fingerprint density at radius 3 is 2.24 bits per heavy atom. The van der Waals surface area contributed by atoms with Crippen LogP contribution in [0.1, 0.15) is 46.7 Å². The number of rotatable bonds is 11. The predicted octanol–water partition coefficient (Wildman–Crippen LogP) is 3.40. The third-order valence-electron chi connectivity index (χ3n) is 6.93. The van der Waals surface area contributed by atoms with Crippen LogP contribution < -0.4 is 16.0 Å². The molecule has 1 aromatic carbocycles. The van der Waals surface area contributed by atoms with E-state index >= 15 is 0 Å². The van der Waals surface area contributed by atoms with E-state index in [2.05, 4.69) is 15.3 Å². The molecular weight excluding hydrogens is 509 g/mol. The van der Waals surface area contributed by atoms with Gasteiger partial charge in [0, 0.05) is 62.0 Å². The second kappa shape index (κ2) is 11.2. The number of amides is 2. The van der Waals surface area contributed by atoms with Gasteiger partial charge in [-0.1, -0.05) is 17.7 Å². The Kier molecular flexibility index (Phi) is 8.69. The average molecular weight is 541 g/mol. The van der Waals surface area contributed by atoms with Gasteiger partial charge in [-0.15, -0.1) is 0 Å². The first-order valence-electron chi connectivity index (χ1n) is 11.8. The third-order valence-corrected chi connectivity index (χ3v) is 7.28. The summed E-state index contributed by atoms with van der Waals surface area (Å²) in [6.07, 6.45) is -1.65. The van der Waals surface area contributed by atoms with Crippen LogP contribution in [0.25, 0.3) is 0 Å². The molecule has 37 heavy (non-hydrogen) atoms. The van der Waals surface area contributed by atoms with Crippen molar-refractivity contribution in [3.63, 3.8) is 0 Å².